The predicted octanol–water partition coefficient (Wildman–Crippen LogP) is 5.18. The number of H-pyrrole nitrogens is 1. The van der Waals surface area contributed by atoms with E-state index in [1.165, 1.54) is 0 Å². The van der Waals surface area contributed by atoms with E-state index in [4.69, 9.17) is 14.5 Å². The van der Waals surface area contributed by atoms with E-state index in [0.717, 1.165) is 49.5 Å². The number of aryl methyl sites for hydroxylation is 1. The fourth-order valence-electron chi connectivity index (χ4n) is 2.86. The first kappa shape index (κ1) is 18.2. The van der Waals surface area contributed by atoms with Gasteiger partial charge in [-0.1, -0.05) is 17.8 Å². The highest BCUT2D eigenvalue weighted by Gasteiger charge is 2.11. The molecule has 4 rings (SSSR count). The summed E-state index contributed by atoms with van der Waals surface area (Å²) in [5, 5.41) is 13.4. The number of nitrogens with one attached hydrogen (secondary N) is 2. The summed E-state index contributed by atoms with van der Waals surface area (Å²) in [5.74, 6) is 3.07. The largest absolute Gasteiger partial charge is 0.497 e. The third-order valence-electron chi connectivity index (χ3n) is 4.22. The van der Waals surface area contributed by atoms with Crippen LogP contribution in [0.3, 0.4) is 0 Å². The van der Waals surface area contributed by atoms with Crippen molar-refractivity contribution in [3.63, 3.8) is 0 Å². The zero-order chi connectivity index (χ0) is 19.5. The molecule has 0 spiro atoms. The standard InChI is InChI=1S/C21H20N4O2S/c1-13-9-20(25-24-13)22-19-11-14-10-16(27-3)7-8-18(14)21(23-19)28-17-6-4-5-15(12-17)26-2/h4-12H,1-3H3,(H2,22,23,24,25). The monoisotopic (exact) mass is 392 g/mol. The normalized spacial score (nSPS) is 10.8. The van der Waals surface area contributed by atoms with Crippen molar-refractivity contribution < 1.29 is 9.47 Å². The van der Waals surface area contributed by atoms with Crippen molar-refractivity contribution in [1.82, 2.24) is 15.2 Å². The third kappa shape index (κ3) is 3.89. The first-order chi connectivity index (χ1) is 13.6. The predicted molar refractivity (Wildman–Crippen MR) is 112 cm³/mol. The van der Waals surface area contributed by atoms with Gasteiger partial charge in [0, 0.05) is 22.0 Å². The first-order valence-corrected chi connectivity index (χ1v) is 9.56. The summed E-state index contributed by atoms with van der Waals surface area (Å²) in [6.07, 6.45) is 0. The Bertz CT molecular complexity index is 1130. The molecule has 0 saturated heterocycles. The van der Waals surface area contributed by atoms with Gasteiger partial charge in [0.05, 0.1) is 14.2 Å². The van der Waals surface area contributed by atoms with E-state index in [9.17, 15) is 0 Å². The number of ether oxygens (including phenoxy) is 2. The lowest BCUT2D eigenvalue weighted by atomic mass is 10.1. The maximum absolute atomic E-state index is 5.39. The number of aromatic amines is 1. The van der Waals surface area contributed by atoms with Crippen LogP contribution >= 0.6 is 11.8 Å². The maximum atomic E-state index is 5.39. The van der Waals surface area contributed by atoms with E-state index in [-0.39, 0.29) is 0 Å². The van der Waals surface area contributed by atoms with E-state index in [0.29, 0.717) is 0 Å². The van der Waals surface area contributed by atoms with Crippen molar-refractivity contribution in [2.24, 2.45) is 0 Å². The molecule has 142 valence electrons. The van der Waals surface area contributed by atoms with Crippen LogP contribution in [0, 0.1) is 6.92 Å². The molecule has 0 unspecified atom stereocenters. The summed E-state index contributed by atoms with van der Waals surface area (Å²) in [5.41, 5.74) is 0.982. The Morgan fingerprint density at radius 3 is 2.50 bits per heavy atom. The quantitative estimate of drug-likeness (QED) is 0.471. The molecule has 0 radical (unpaired) electrons. The summed E-state index contributed by atoms with van der Waals surface area (Å²) in [6.45, 7) is 1.96. The summed E-state index contributed by atoms with van der Waals surface area (Å²) in [4.78, 5) is 5.88. The highest BCUT2D eigenvalue weighted by Crippen LogP contribution is 2.36. The van der Waals surface area contributed by atoms with Gasteiger partial charge in [0.2, 0.25) is 0 Å². The van der Waals surface area contributed by atoms with Crippen LogP contribution in [0.4, 0.5) is 11.6 Å². The molecule has 0 amide bonds. The molecular weight excluding hydrogens is 372 g/mol. The summed E-state index contributed by atoms with van der Waals surface area (Å²) < 4.78 is 10.7. The van der Waals surface area contributed by atoms with E-state index >= 15 is 0 Å². The summed E-state index contributed by atoms with van der Waals surface area (Å²) in [7, 11) is 3.33. The van der Waals surface area contributed by atoms with Crippen molar-refractivity contribution in [2.45, 2.75) is 16.8 Å². The van der Waals surface area contributed by atoms with Gasteiger partial charge in [0.1, 0.15) is 22.3 Å². The molecule has 2 N–H and O–H groups in total. The average Bonchev–Trinajstić information content (AvgIpc) is 3.12. The number of anilines is 2. The Balaban J connectivity index is 1.77. The molecule has 6 nitrogen and oxygen atoms in total. The molecule has 2 heterocycles. The smallest absolute Gasteiger partial charge is 0.153 e. The Morgan fingerprint density at radius 2 is 1.75 bits per heavy atom. The van der Waals surface area contributed by atoms with Crippen LogP contribution in [-0.4, -0.2) is 29.4 Å². The van der Waals surface area contributed by atoms with Crippen molar-refractivity contribution in [2.75, 3.05) is 19.5 Å². The lowest BCUT2D eigenvalue weighted by Gasteiger charge is -2.11. The van der Waals surface area contributed by atoms with E-state index in [1.807, 2.05) is 61.5 Å². The van der Waals surface area contributed by atoms with E-state index in [1.54, 1.807) is 26.0 Å². The SMILES string of the molecule is COc1cccc(Sc2nc(Nc3cc(C)[nH]n3)cc3cc(OC)ccc23)c1. The molecule has 0 atom stereocenters. The first-order valence-electron chi connectivity index (χ1n) is 8.74. The van der Waals surface area contributed by atoms with Crippen LogP contribution in [0.15, 0.2) is 64.5 Å². The lowest BCUT2D eigenvalue weighted by Crippen LogP contribution is -1.96. The number of methoxy groups -OCH3 is 2. The number of rotatable bonds is 6. The Morgan fingerprint density at radius 1 is 0.929 bits per heavy atom. The molecule has 7 heteroatoms. The van der Waals surface area contributed by atoms with Gasteiger partial charge in [-0.25, -0.2) is 4.98 Å². The molecule has 4 aromatic rings. The molecule has 2 aromatic heterocycles. The topological polar surface area (TPSA) is 72.1 Å². The van der Waals surface area contributed by atoms with Gasteiger partial charge in [-0.15, -0.1) is 0 Å². The number of nitrogens with zero attached hydrogens (tertiary/aromatic N) is 2. The number of aromatic nitrogens is 3. The molecular formula is C21H20N4O2S. The van der Waals surface area contributed by atoms with Crippen LogP contribution in [0.25, 0.3) is 10.8 Å². The van der Waals surface area contributed by atoms with Gasteiger partial charge in [0.15, 0.2) is 5.82 Å². The molecule has 28 heavy (non-hydrogen) atoms. The molecule has 2 aromatic carbocycles. The summed E-state index contributed by atoms with van der Waals surface area (Å²) >= 11 is 1.59. The fraction of sp³-hybridized carbons (Fsp3) is 0.143. The third-order valence-corrected chi connectivity index (χ3v) is 5.22. The minimum Gasteiger partial charge on any atom is -0.497 e. The second kappa shape index (κ2) is 7.82. The molecule has 0 aliphatic rings. The second-order valence-electron chi connectivity index (χ2n) is 6.24. The zero-order valence-corrected chi connectivity index (χ0v) is 16.6. The van der Waals surface area contributed by atoms with Crippen LogP contribution in [0.1, 0.15) is 5.69 Å². The number of hydrogen-bond acceptors (Lipinski definition) is 6. The Kier molecular flexibility index (Phi) is 5.08. The van der Waals surface area contributed by atoms with Gasteiger partial charge >= 0.3 is 0 Å². The van der Waals surface area contributed by atoms with Gasteiger partial charge in [-0.2, -0.15) is 5.10 Å². The van der Waals surface area contributed by atoms with E-state index in [2.05, 4.69) is 15.5 Å². The van der Waals surface area contributed by atoms with Gasteiger partial charge < -0.3 is 14.8 Å². The second-order valence-corrected chi connectivity index (χ2v) is 7.30. The van der Waals surface area contributed by atoms with Crippen LogP contribution < -0.4 is 14.8 Å². The maximum Gasteiger partial charge on any atom is 0.153 e. The molecule has 0 saturated carbocycles. The van der Waals surface area contributed by atoms with E-state index < -0.39 is 0 Å². The number of hydrogen-bond donors (Lipinski definition) is 2. The molecule has 0 aliphatic heterocycles. The average molecular weight is 392 g/mol. The zero-order valence-electron chi connectivity index (χ0n) is 15.8. The Hall–Kier alpha value is -3.19. The molecule has 0 aliphatic carbocycles. The Labute approximate surface area is 167 Å². The summed E-state index contributed by atoms with van der Waals surface area (Å²) in [6, 6.07) is 17.9. The number of benzene rings is 2. The van der Waals surface area contributed by atoms with Crippen LogP contribution in [0.2, 0.25) is 0 Å². The number of fused-ring (bicyclic) bond motifs is 1. The van der Waals surface area contributed by atoms with Crippen molar-refractivity contribution >= 4 is 34.2 Å². The van der Waals surface area contributed by atoms with Gasteiger partial charge in [-0.05, 0) is 54.8 Å². The van der Waals surface area contributed by atoms with Crippen LogP contribution in [0.5, 0.6) is 11.5 Å². The van der Waals surface area contributed by atoms with Crippen molar-refractivity contribution in [1.29, 1.82) is 0 Å². The highest BCUT2D eigenvalue weighted by atomic mass is 32.2. The minimum atomic E-state index is 0.720. The van der Waals surface area contributed by atoms with Gasteiger partial charge in [-0.3, -0.25) is 5.10 Å². The molecule has 0 bridgehead atoms. The molecule has 0 fully saturated rings. The van der Waals surface area contributed by atoms with Gasteiger partial charge in [0.25, 0.3) is 0 Å². The highest BCUT2D eigenvalue weighted by molar-refractivity contribution is 7.99. The lowest BCUT2D eigenvalue weighted by molar-refractivity contribution is 0.413. The van der Waals surface area contributed by atoms with Crippen molar-refractivity contribution in [3.05, 3.63) is 60.3 Å². The van der Waals surface area contributed by atoms with Crippen molar-refractivity contribution in [3.8, 4) is 11.5 Å². The number of pyridine rings is 1. The fourth-order valence-corrected chi connectivity index (χ4v) is 3.85. The minimum absolute atomic E-state index is 0.720. The van der Waals surface area contributed by atoms with Crippen LogP contribution in [-0.2, 0) is 0 Å².